The number of amides is 2. The lowest BCUT2D eigenvalue weighted by Gasteiger charge is -2.11. The van der Waals surface area contributed by atoms with Gasteiger partial charge in [0.1, 0.15) is 5.76 Å². The van der Waals surface area contributed by atoms with Crippen molar-refractivity contribution in [3.05, 3.63) is 76.7 Å². The minimum atomic E-state index is -0.123. The van der Waals surface area contributed by atoms with Crippen LogP contribution in [0.2, 0.25) is 0 Å². The molecule has 162 valence electrons. The van der Waals surface area contributed by atoms with Gasteiger partial charge < -0.3 is 15.2 Å². The number of carbonyl (C=O) groups is 2. The number of hydrogen-bond acceptors (Lipinski definition) is 5. The molecule has 3 rings (SSSR count). The monoisotopic (exact) mass is 437 g/mol. The zero-order valence-corrected chi connectivity index (χ0v) is 18.8. The first-order valence-corrected chi connectivity index (χ1v) is 11.3. The highest BCUT2D eigenvalue weighted by molar-refractivity contribution is 7.98. The first kappa shape index (κ1) is 22.6. The van der Waals surface area contributed by atoms with E-state index in [1.54, 1.807) is 11.8 Å². The Morgan fingerprint density at radius 2 is 1.81 bits per heavy atom. The highest BCUT2D eigenvalue weighted by Gasteiger charge is 2.14. The second-order valence-electron chi connectivity index (χ2n) is 7.27. The lowest BCUT2D eigenvalue weighted by atomic mass is 10.1. The van der Waals surface area contributed by atoms with Gasteiger partial charge in [-0.05, 0) is 50.1 Å². The Morgan fingerprint density at radius 3 is 2.48 bits per heavy atom. The molecule has 7 heteroatoms. The summed E-state index contributed by atoms with van der Waals surface area (Å²) in [4.78, 5) is 25.4. The first-order valence-electron chi connectivity index (χ1n) is 10.3. The summed E-state index contributed by atoms with van der Waals surface area (Å²) in [5.74, 6) is 1.38. The maximum absolute atomic E-state index is 12.8. The standard InChI is InChI=1S/C24H27N3O3S/c1-4-7-23(28)26-19-12-10-18(11-13-19)14-25-24(29)20-8-5-6-9-22(20)31-15-21-16(2)27-30-17(21)3/h5-6,8-13H,4,7,14-15H2,1-3H3,(H,25,29)(H,26,28). The topological polar surface area (TPSA) is 84.2 Å². The molecule has 0 atom stereocenters. The number of rotatable bonds is 9. The Kier molecular flexibility index (Phi) is 7.89. The number of nitrogens with zero attached hydrogens (tertiary/aromatic N) is 1. The summed E-state index contributed by atoms with van der Waals surface area (Å²) in [7, 11) is 0. The fourth-order valence-electron chi connectivity index (χ4n) is 3.07. The highest BCUT2D eigenvalue weighted by atomic mass is 32.2. The molecule has 3 aromatic rings. The van der Waals surface area contributed by atoms with E-state index in [1.807, 2.05) is 69.3 Å². The average molecular weight is 438 g/mol. The quantitative estimate of drug-likeness (QED) is 0.447. The minimum Gasteiger partial charge on any atom is -0.361 e. The highest BCUT2D eigenvalue weighted by Crippen LogP contribution is 2.28. The van der Waals surface area contributed by atoms with E-state index in [1.165, 1.54) is 0 Å². The first-order chi connectivity index (χ1) is 15.0. The molecular weight excluding hydrogens is 410 g/mol. The molecule has 6 nitrogen and oxygen atoms in total. The molecule has 2 amide bonds. The van der Waals surface area contributed by atoms with Crippen molar-refractivity contribution in [1.29, 1.82) is 0 Å². The Hall–Kier alpha value is -3.06. The van der Waals surface area contributed by atoms with Gasteiger partial charge in [-0.3, -0.25) is 9.59 Å². The van der Waals surface area contributed by atoms with Crippen LogP contribution < -0.4 is 10.6 Å². The van der Waals surface area contributed by atoms with Crippen molar-refractivity contribution in [2.45, 2.75) is 50.8 Å². The lowest BCUT2D eigenvalue weighted by molar-refractivity contribution is -0.116. The zero-order chi connectivity index (χ0) is 22.2. The van der Waals surface area contributed by atoms with Gasteiger partial charge in [0.2, 0.25) is 5.91 Å². The second-order valence-corrected chi connectivity index (χ2v) is 8.28. The zero-order valence-electron chi connectivity index (χ0n) is 18.0. The number of aromatic nitrogens is 1. The fourth-order valence-corrected chi connectivity index (χ4v) is 4.28. The lowest BCUT2D eigenvalue weighted by Crippen LogP contribution is -2.23. The van der Waals surface area contributed by atoms with Crippen molar-refractivity contribution >= 4 is 29.3 Å². The second kappa shape index (κ2) is 10.8. The molecule has 0 radical (unpaired) electrons. The molecule has 0 bridgehead atoms. The van der Waals surface area contributed by atoms with Crippen LogP contribution in [0.3, 0.4) is 0 Å². The maximum Gasteiger partial charge on any atom is 0.252 e. The van der Waals surface area contributed by atoms with Crippen LogP contribution in [0.4, 0.5) is 5.69 Å². The largest absolute Gasteiger partial charge is 0.361 e. The van der Waals surface area contributed by atoms with Gasteiger partial charge in [-0.1, -0.05) is 36.3 Å². The summed E-state index contributed by atoms with van der Waals surface area (Å²) in [6, 6.07) is 15.1. The van der Waals surface area contributed by atoms with Crippen LogP contribution in [0.15, 0.2) is 57.9 Å². The van der Waals surface area contributed by atoms with E-state index in [4.69, 9.17) is 4.52 Å². The van der Waals surface area contributed by atoms with Crippen molar-refractivity contribution in [1.82, 2.24) is 10.5 Å². The van der Waals surface area contributed by atoms with Crippen LogP contribution in [0.25, 0.3) is 0 Å². The Balaban J connectivity index is 1.59. The van der Waals surface area contributed by atoms with E-state index in [0.29, 0.717) is 24.3 Å². The Bertz CT molecular complexity index is 1020. The third-order valence-corrected chi connectivity index (χ3v) is 5.95. The fraction of sp³-hybridized carbons (Fsp3) is 0.292. The molecule has 1 aromatic heterocycles. The van der Waals surface area contributed by atoms with Crippen LogP contribution >= 0.6 is 11.8 Å². The third kappa shape index (κ3) is 6.21. The van der Waals surface area contributed by atoms with Crippen molar-refractivity contribution < 1.29 is 14.1 Å². The summed E-state index contributed by atoms with van der Waals surface area (Å²) in [6.45, 7) is 6.20. The third-order valence-electron chi connectivity index (χ3n) is 4.85. The number of thioether (sulfide) groups is 1. The van der Waals surface area contributed by atoms with Gasteiger partial charge in [0, 0.05) is 34.9 Å². The number of carbonyl (C=O) groups excluding carboxylic acids is 2. The molecule has 0 spiro atoms. The molecule has 0 aliphatic heterocycles. The van der Waals surface area contributed by atoms with Gasteiger partial charge in [0.25, 0.3) is 5.91 Å². The smallest absolute Gasteiger partial charge is 0.252 e. The maximum atomic E-state index is 12.8. The number of hydrogen-bond donors (Lipinski definition) is 2. The molecular formula is C24H27N3O3S. The molecule has 0 fully saturated rings. The van der Waals surface area contributed by atoms with Gasteiger partial charge in [-0.15, -0.1) is 11.8 Å². The summed E-state index contributed by atoms with van der Waals surface area (Å²) in [6.07, 6.45) is 1.32. The van der Waals surface area contributed by atoms with Crippen molar-refractivity contribution in [3.63, 3.8) is 0 Å². The van der Waals surface area contributed by atoms with E-state index >= 15 is 0 Å². The van der Waals surface area contributed by atoms with Crippen molar-refractivity contribution in [2.75, 3.05) is 5.32 Å². The summed E-state index contributed by atoms with van der Waals surface area (Å²) in [5, 5.41) is 9.83. The predicted molar refractivity (Wildman–Crippen MR) is 123 cm³/mol. The molecule has 0 aliphatic rings. The summed E-state index contributed by atoms with van der Waals surface area (Å²) >= 11 is 1.59. The number of nitrogens with one attached hydrogen (secondary N) is 2. The summed E-state index contributed by atoms with van der Waals surface area (Å²) in [5.41, 5.74) is 4.30. The molecule has 0 unspecified atom stereocenters. The minimum absolute atomic E-state index is 0.00856. The van der Waals surface area contributed by atoms with E-state index in [2.05, 4.69) is 15.8 Å². The van der Waals surface area contributed by atoms with Crippen LogP contribution in [0.1, 0.15) is 52.7 Å². The molecule has 1 heterocycles. The molecule has 0 aliphatic carbocycles. The van der Waals surface area contributed by atoms with Crippen LogP contribution in [-0.2, 0) is 17.1 Å². The molecule has 2 N–H and O–H groups in total. The number of benzene rings is 2. The SMILES string of the molecule is CCCC(=O)Nc1ccc(CNC(=O)c2ccccc2SCc2c(C)noc2C)cc1. The molecule has 0 saturated carbocycles. The molecule has 0 saturated heterocycles. The van der Waals surface area contributed by atoms with Gasteiger partial charge >= 0.3 is 0 Å². The van der Waals surface area contributed by atoms with Crippen molar-refractivity contribution in [3.8, 4) is 0 Å². The van der Waals surface area contributed by atoms with Crippen molar-refractivity contribution in [2.24, 2.45) is 0 Å². The van der Waals surface area contributed by atoms with E-state index in [0.717, 1.165) is 39.6 Å². The van der Waals surface area contributed by atoms with Gasteiger partial charge in [-0.2, -0.15) is 0 Å². The molecule has 2 aromatic carbocycles. The Morgan fingerprint density at radius 1 is 1.06 bits per heavy atom. The average Bonchev–Trinajstić information content (AvgIpc) is 3.09. The number of anilines is 1. The van der Waals surface area contributed by atoms with Gasteiger partial charge in [0.15, 0.2) is 0 Å². The normalized spacial score (nSPS) is 10.7. The Labute approximate surface area is 186 Å². The van der Waals surface area contributed by atoms with Gasteiger partial charge in [-0.25, -0.2) is 0 Å². The van der Waals surface area contributed by atoms with Gasteiger partial charge in [0.05, 0.1) is 11.3 Å². The van der Waals surface area contributed by atoms with Crippen LogP contribution in [-0.4, -0.2) is 17.0 Å². The van der Waals surface area contributed by atoms with Crippen LogP contribution in [0.5, 0.6) is 0 Å². The van der Waals surface area contributed by atoms with Crippen LogP contribution in [0, 0.1) is 13.8 Å². The van der Waals surface area contributed by atoms with E-state index in [-0.39, 0.29) is 11.8 Å². The van der Waals surface area contributed by atoms with E-state index < -0.39 is 0 Å². The predicted octanol–water partition coefficient (Wildman–Crippen LogP) is 5.25. The molecule has 31 heavy (non-hydrogen) atoms. The van der Waals surface area contributed by atoms with E-state index in [9.17, 15) is 9.59 Å². The number of aryl methyl sites for hydroxylation is 2. The summed E-state index contributed by atoms with van der Waals surface area (Å²) < 4.78 is 5.22.